The van der Waals surface area contributed by atoms with Crippen LogP contribution < -0.4 is 11.1 Å². The molecule has 1 aromatic rings. The number of hydrogen-bond acceptors (Lipinski definition) is 5. The van der Waals surface area contributed by atoms with Gasteiger partial charge in [0.05, 0.1) is 11.5 Å². The lowest BCUT2D eigenvalue weighted by atomic mass is 10.1. The molecular weight excluding hydrogens is 198 g/mol. The number of aliphatic hydroxyl groups excluding tert-OH is 1. The Morgan fingerprint density at radius 1 is 1.53 bits per heavy atom. The van der Waals surface area contributed by atoms with Gasteiger partial charge in [-0.2, -0.15) is 0 Å². The summed E-state index contributed by atoms with van der Waals surface area (Å²) < 4.78 is 0. The van der Waals surface area contributed by atoms with Crippen LogP contribution in [-0.4, -0.2) is 23.2 Å². The van der Waals surface area contributed by atoms with Gasteiger partial charge in [-0.05, 0) is 11.6 Å². The number of nitro groups is 1. The Bertz CT molecular complexity index is 354. The summed E-state index contributed by atoms with van der Waals surface area (Å²) in [5, 5.41) is 22.1. The van der Waals surface area contributed by atoms with Crippen LogP contribution in [0, 0.1) is 10.1 Å². The molecule has 82 valence electrons. The van der Waals surface area contributed by atoms with E-state index in [0.717, 1.165) is 5.69 Å². The number of nitrogens with two attached hydrogens (primary N) is 1. The van der Waals surface area contributed by atoms with Crippen LogP contribution in [0.4, 0.5) is 11.4 Å². The molecule has 0 amide bonds. The first kappa shape index (κ1) is 11.4. The van der Waals surface area contributed by atoms with Gasteiger partial charge in [-0.3, -0.25) is 10.1 Å². The molecule has 0 radical (unpaired) electrons. The van der Waals surface area contributed by atoms with Gasteiger partial charge in [0.1, 0.15) is 0 Å². The third-order valence-electron chi connectivity index (χ3n) is 1.95. The van der Waals surface area contributed by atoms with Gasteiger partial charge in [0.15, 0.2) is 0 Å². The molecule has 0 fully saturated rings. The SMILES string of the molecule is NCc1cc([N+](=O)[O-])ccc1NCCO. The summed E-state index contributed by atoms with van der Waals surface area (Å²) in [6.07, 6.45) is 0. The van der Waals surface area contributed by atoms with Crippen molar-refractivity contribution >= 4 is 11.4 Å². The molecule has 1 aromatic carbocycles. The number of rotatable bonds is 5. The van der Waals surface area contributed by atoms with Crippen LogP contribution in [0.3, 0.4) is 0 Å². The van der Waals surface area contributed by atoms with Crippen LogP contribution >= 0.6 is 0 Å². The number of nitro benzene ring substituents is 1. The monoisotopic (exact) mass is 211 g/mol. The summed E-state index contributed by atoms with van der Waals surface area (Å²) in [4.78, 5) is 10.0. The molecule has 0 aliphatic carbocycles. The predicted octanol–water partition coefficient (Wildman–Crippen LogP) is 0.458. The van der Waals surface area contributed by atoms with Crippen molar-refractivity contribution in [3.05, 3.63) is 33.9 Å². The third kappa shape index (κ3) is 2.90. The number of nitrogens with zero attached hydrogens (tertiary/aromatic N) is 1. The molecule has 0 aliphatic rings. The number of anilines is 1. The number of nitrogens with one attached hydrogen (secondary N) is 1. The van der Waals surface area contributed by atoms with Gasteiger partial charge in [0, 0.05) is 30.9 Å². The maximum absolute atomic E-state index is 10.5. The Kier molecular flexibility index (Phi) is 4.02. The fourth-order valence-corrected chi connectivity index (χ4v) is 1.23. The van der Waals surface area contributed by atoms with Crippen molar-refractivity contribution in [2.75, 3.05) is 18.5 Å². The number of benzene rings is 1. The highest BCUT2D eigenvalue weighted by molar-refractivity contribution is 5.56. The zero-order valence-corrected chi connectivity index (χ0v) is 8.14. The molecule has 0 bridgehead atoms. The lowest BCUT2D eigenvalue weighted by molar-refractivity contribution is -0.384. The Morgan fingerprint density at radius 2 is 2.27 bits per heavy atom. The third-order valence-corrected chi connectivity index (χ3v) is 1.95. The highest BCUT2D eigenvalue weighted by Gasteiger charge is 2.09. The zero-order valence-electron chi connectivity index (χ0n) is 8.14. The van der Waals surface area contributed by atoms with Gasteiger partial charge in [-0.15, -0.1) is 0 Å². The fraction of sp³-hybridized carbons (Fsp3) is 0.333. The summed E-state index contributed by atoms with van der Waals surface area (Å²) in [6, 6.07) is 4.43. The first-order chi connectivity index (χ1) is 7.19. The lowest BCUT2D eigenvalue weighted by Crippen LogP contribution is -2.09. The average Bonchev–Trinajstić information content (AvgIpc) is 2.25. The van der Waals surface area contributed by atoms with Crippen LogP contribution in [0.1, 0.15) is 5.56 Å². The smallest absolute Gasteiger partial charge is 0.269 e. The van der Waals surface area contributed by atoms with E-state index < -0.39 is 4.92 Å². The van der Waals surface area contributed by atoms with E-state index in [0.29, 0.717) is 12.1 Å². The summed E-state index contributed by atoms with van der Waals surface area (Å²) in [7, 11) is 0. The molecule has 6 heteroatoms. The van der Waals surface area contributed by atoms with Gasteiger partial charge >= 0.3 is 0 Å². The van der Waals surface area contributed by atoms with Crippen molar-refractivity contribution < 1.29 is 10.0 Å². The number of aliphatic hydroxyl groups is 1. The van der Waals surface area contributed by atoms with Gasteiger partial charge in [-0.1, -0.05) is 0 Å². The predicted molar refractivity (Wildman–Crippen MR) is 56.6 cm³/mol. The highest BCUT2D eigenvalue weighted by atomic mass is 16.6. The molecule has 6 nitrogen and oxygen atoms in total. The summed E-state index contributed by atoms with van der Waals surface area (Å²) >= 11 is 0. The Morgan fingerprint density at radius 3 is 2.80 bits per heavy atom. The minimum Gasteiger partial charge on any atom is -0.395 e. The normalized spacial score (nSPS) is 10.0. The van der Waals surface area contributed by atoms with Crippen LogP contribution in [0.25, 0.3) is 0 Å². The average molecular weight is 211 g/mol. The summed E-state index contributed by atoms with van der Waals surface area (Å²) in [5.41, 5.74) is 6.87. The van der Waals surface area contributed by atoms with E-state index >= 15 is 0 Å². The van der Waals surface area contributed by atoms with E-state index in [1.54, 1.807) is 6.07 Å². The molecule has 1 rings (SSSR count). The zero-order chi connectivity index (χ0) is 11.3. The molecule has 0 unspecified atom stereocenters. The quantitative estimate of drug-likeness (QED) is 0.485. The molecule has 15 heavy (non-hydrogen) atoms. The molecule has 0 heterocycles. The fourth-order valence-electron chi connectivity index (χ4n) is 1.23. The molecule has 0 atom stereocenters. The molecule has 0 saturated heterocycles. The standard InChI is InChI=1S/C9H13N3O3/c10-6-7-5-8(12(14)15)1-2-9(7)11-3-4-13/h1-2,5,11,13H,3-4,6,10H2. The molecular formula is C9H13N3O3. The second kappa shape index (κ2) is 5.28. The Balaban J connectivity index is 2.93. The number of hydrogen-bond donors (Lipinski definition) is 3. The van der Waals surface area contributed by atoms with Gasteiger partial charge in [0.2, 0.25) is 0 Å². The van der Waals surface area contributed by atoms with Crippen molar-refractivity contribution in [1.29, 1.82) is 0 Å². The Labute approximate surface area is 86.9 Å². The van der Waals surface area contributed by atoms with Crippen molar-refractivity contribution in [3.8, 4) is 0 Å². The van der Waals surface area contributed by atoms with E-state index in [9.17, 15) is 10.1 Å². The largest absolute Gasteiger partial charge is 0.395 e. The molecule has 0 aromatic heterocycles. The first-order valence-corrected chi connectivity index (χ1v) is 4.51. The van der Waals surface area contributed by atoms with Gasteiger partial charge < -0.3 is 16.2 Å². The van der Waals surface area contributed by atoms with Gasteiger partial charge in [-0.25, -0.2) is 0 Å². The van der Waals surface area contributed by atoms with Crippen LogP contribution in [-0.2, 0) is 6.54 Å². The van der Waals surface area contributed by atoms with Gasteiger partial charge in [0.25, 0.3) is 5.69 Å². The highest BCUT2D eigenvalue weighted by Crippen LogP contribution is 2.21. The van der Waals surface area contributed by atoms with E-state index in [1.165, 1.54) is 12.1 Å². The molecule has 0 aliphatic heterocycles. The Hall–Kier alpha value is -1.66. The van der Waals surface area contributed by atoms with Crippen molar-refractivity contribution in [2.45, 2.75) is 6.54 Å². The summed E-state index contributed by atoms with van der Waals surface area (Å²) in [5.74, 6) is 0. The first-order valence-electron chi connectivity index (χ1n) is 4.51. The van der Waals surface area contributed by atoms with Crippen LogP contribution in [0.15, 0.2) is 18.2 Å². The minimum atomic E-state index is -0.463. The van der Waals surface area contributed by atoms with E-state index in [4.69, 9.17) is 10.8 Å². The maximum Gasteiger partial charge on any atom is 0.269 e. The number of non-ortho nitro benzene ring substituents is 1. The van der Waals surface area contributed by atoms with Crippen LogP contribution in [0.5, 0.6) is 0 Å². The molecule has 0 saturated carbocycles. The molecule has 0 spiro atoms. The van der Waals surface area contributed by atoms with E-state index in [-0.39, 0.29) is 18.8 Å². The minimum absolute atomic E-state index is 0.000991. The van der Waals surface area contributed by atoms with Crippen molar-refractivity contribution in [3.63, 3.8) is 0 Å². The van der Waals surface area contributed by atoms with E-state index in [2.05, 4.69) is 5.32 Å². The summed E-state index contributed by atoms with van der Waals surface area (Å²) in [6.45, 7) is 0.612. The second-order valence-electron chi connectivity index (χ2n) is 2.95. The van der Waals surface area contributed by atoms with E-state index in [1.807, 2.05) is 0 Å². The van der Waals surface area contributed by atoms with Crippen molar-refractivity contribution in [2.24, 2.45) is 5.73 Å². The second-order valence-corrected chi connectivity index (χ2v) is 2.95. The maximum atomic E-state index is 10.5. The topological polar surface area (TPSA) is 101 Å². The van der Waals surface area contributed by atoms with Crippen molar-refractivity contribution in [1.82, 2.24) is 0 Å². The van der Waals surface area contributed by atoms with Crippen LogP contribution in [0.2, 0.25) is 0 Å². The molecule has 4 N–H and O–H groups in total. The lowest BCUT2D eigenvalue weighted by Gasteiger charge is -2.09.